The number of rotatable bonds is 15. The number of terminal acetylenes is 1. The Kier molecular flexibility index (Phi) is 18.7. The van der Waals surface area contributed by atoms with Crippen molar-refractivity contribution in [3.63, 3.8) is 0 Å². The van der Waals surface area contributed by atoms with E-state index < -0.39 is 107 Å². The number of aromatic nitrogens is 2. The molecule has 0 saturated heterocycles. The molecule has 5 rings (SSSR count). The molecule has 1 aliphatic carbocycles. The molecule has 1 aromatic heterocycles. The number of alkyl halides is 4. The minimum Gasteiger partial charge on any atom is -0.480 e. The zero-order chi connectivity index (χ0) is 49.0. The maximum atomic E-state index is 14.4. The Morgan fingerprint density at radius 2 is 1.52 bits per heavy atom. The summed E-state index contributed by atoms with van der Waals surface area (Å²) in [5.74, 6) is -4.79. The molecular weight excluding hydrogens is 946 g/mol. The second kappa shape index (κ2) is 23.0. The van der Waals surface area contributed by atoms with Crippen LogP contribution in [0.5, 0.6) is 17.5 Å². The van der Waals surface area contributed by atoms with Gasteiger partial charge in [0.15, 0.2) is 13.5 Å². The standard InChI is InChI=1S/C18H15ClFNO3.C14H10F4N4O7S.C5H12NO4P/c1-3-10(2)24-16-9-15(14(20)8-13(16)19)21-17(22)11-6-4-5-7-12(11)18(21)23;15-11(16)28-8-5-9(29-12(17)18)20-13(19-8)21-14(25)22-30(26,27)7-4-2-1-3-6(7)10(23)24;1-11(9,10)3-2-4(6)5(7)8/h1,8-10H,4-7H2,2H3;1-5,11-12H,(H,23,24)(H2,19,20,21,22,25);4H,2-3,6H2,1H3,(H,7,8)(H,9,10). The van der Waals surface area contributed by atoms with E-state index in [0.717, 1.165) is 35.9 Å². The van der Waals surface area contributed by atoms with Crippen LogP contribution in [-0.2, 0) is 29.0 Å². The average Bonchev–Trinajstić information content (AvgIpc) is 3.45. The molecule has 3 unspecified atom stereocenters. The van der Waals surface area contributed by atoms with Crippen molar-refractivity contribution in [1.82, 2.24) is 14.7 Å². The zero-order valence-electron chi connectivity index (χ0n) is 33.5. The van der Waals surface area contributed by atoms with Gasteiger partial charge < -0.3 is 35.1 Å². The Morgan fingerprint density at radius 3 is 2.00 bits per heavy atom. The fraction of sp³-hybridized carbons (Fsp3) is 0.324. The van der Waals surface area contributed by atoms with Crippen LogP contribution in [0.2, 0.25) is 5.02 Å². The summed E-state index contributed by atoms with van der Waals surface area (Å²) in [6.07, 6.45) is 7.47. The van der Waals surface area contributed by atoms with Crippen molar-refractivity contribution in [3.8, 4) is 29.9 Å². The molecule has 2 aliphatic rings. The molecule has 0 radical (unpaired) electrons. The van der Waals surface area contributed by atoms with Crippen LogP contribution < -0.4 is 34.9 Å². The average molecular weight is 983 g/mol. The van der Waals surface area contributed by atoms with Crippen LogP contribution in [0.1, 0.15) is 49.4 Å². The van der Waals surface area contributed by atoms with E-state index in [2.05, 4.69) is 25.4 Å². The van der Waals surface area contributed by atoms with Gasteiger partial charge in [-0.05, 0) is 57.2 Å². The van der Waals surface area contributed by atoms with Gasteiger partial charge in [0.05, 0.1) is 22.3 Å². The van der Waals surface area contributed by atoms with Crippen LogP contribution in [0.15, 0.2) is 58.5 Å². The van der Waals surface area contributed by atoms with Gasteiger partial charge in [0.2, 0.25) is 17.7 Å². The number of nitrogens with one attached hydrogen (secondary N) is 2. The van der Waals surface area contributed by atoms with Crippen LogP contribution in [0.3, 0.4) is 0 Å². The number of carbonyl (C=O) groups excluding carboxylic acids is 3. The SMILES string of the molecule is C#CC(C)Oc1cc(N2C(=O)C3=C(CCCC3)C2=O)c(F)cc1Cl.CP(=O)(O)CCC(N)C(=O)O.O=C(Nc1nc(OC(F)F)cc(OC(F)F)n1)NS(=O)(=O)c1ccccc1C(=O)O. The van der Waals surface area contributed by atoms with Crippen molar-refractivity contribution < 1.29 is 88.2 Å². The lowest BCUT2D eigenvalue weighted by atomic mass is 9.93. The first kappa shape index (κ1) is 53.0. The maximum absolute atomic E-state index is 14.4. The minimum absolute atomic E-state index is 0.0233. The number of sulfonamides is 1. The number of carbonyl (C=O) groups is 5. The number of halogens is 6. The fourth-order valence-electron chi connectivity index (χ4n) is 5.41. The molecular formula is C37H37ClF5N6O14PS. The van der Waals surface area contributed by atoms with E-state index in [0.29, 0.717) is 30.1 Å². The van der Waals surface area contributed by atoms with Crippen LogP contribution in [-0.4, -0.2) is 101 Å². The van der Waals surface area contributed by atoms with Crippen molar-refractivity contribution in [1.29, 1.82) is 0 Å². The van der Waals surface area contributed by atoms with E-state index >= 15 is 0 Å². The number of benzene rings is 2. The molecule has 20 nitrogen and oxygen atoms in total. The third-order valence-electron chi connectivity index (χ3n) is 8.30. The van der Waals surface area contributed by atoms with Crippen molar-refractivity contribution in [2.45, 2.75) is 69.3 Å². The Labute approximate surface area is 370 Å². The van der Waals surface area contributed by atoms with Crippen molar-refractivity contribution >= 4 is 70.4 Å². The summed E-state index contributed by atoms with van der Waals surface area (Å²) in [5, 5.41) is 19.0. The largest absolute Gasteiger partial charge is 0.480 e. The third kappa shape index (κ3) is 15.7. The van der Waals surface area contributed by atoms with Gasteiger partial charge >= 0.3 is 31.2 Å². The van der Waals surface area contributed by atoms with E-state index in [9.17, 15) is 58.9 Å². The molecule has 28 heteroatoms. The molecule has 2 heterocycles. The van der Waals surface area contributed by atoms with Crippen LogP contribution in [0.4, 0.5) is 38.4 Å². The minimum atomic E-state index is -4.71. The Hall–Kier alpha value is -6.39. The van der Waals surface area contributed by atoms with Crippen LogP contribution in [0.25, 0.3) is 0 Å². The highest BCUT2D eigenvalue weighted by Gasteiger charge is 2.41. The molecule has 65 heavy (non-hydrogen) atoms. The summed E-state index contributed by atoms with van der Waals surface area (Å²) in [4.78, 5) is 73.7. The molecule has 7 N–H and O–H groups in total. The van der Waals surface area contributed by atoms with E-state index in [1.165, 1.54) is 29.6 Å². The first-order valence-corrected chi connectivity index (χ1v) is 22.3. The number of amides is 4. The maximum Gasteiger partial charge on any atom is 0.388 e. The molecule has 1 aliphatic heterocycles. The van der Waals surface area contributed by atoms with Gasteiger partial charge in [0.1, 0.15) is 22.5 Å². The van der Waals surface area contributed by atoms with E-state index in [-0.39, 0.29) is 29.0 Å². The Morgan fingerprint density at radius 1 is 0.985 bits per heavy atom. The van der Waals surface area contributed by atoms with E-state index in [1.807, 2.05) is 0 Å². The number of ether oxygens (including phenoxy) is 3. The molecule has 0 bridgehead atoms. The number of imide groups is 1. The summed E-state index contributed by atoms with van der Waals surface area (Å²) in [6.45, 7) is -4.00. The highest BCUT2D eigenvalue weighted by Crippen LogP contribution is 2.40. The Balaban J connectivity index is 0.000000286. The van der Waals surface area contributed by atoms with Crippen LogP contribution in [0, 0.1) is 18.2 Å². The molecule has 0 saturated carbocycles. The highest BCUT2D eigenvalue weighted by atomic mass is 35.5. The number of carboxylic acids is 2. The lowest BCUT2D eigenvalue weighted by Crippen LogP contribution is -2.35. The van der Waals surface area contributed by atoms with Gasteiger partial charge in [-0.25, -0.2) is 32.0 Å². The van der Waals surface area contributed by atoms with Gasteiger partial charge in [-0.15, -0.1) is 6.42 Å². The molecule has 3 aromatic rings. The van der Waals surface area contributed by atoms with Crippen LogP contribution >= 0.6 is 19.0 Å². The molecule has 352 valence electrons. The predicted octanol–water partition coefficient (Wildman–Crippen LogP) is 5.20. The monoisotopic (exact) mass is 982 g/mol. The van der Waals surface area contributed by atoms with Crippen molar-refractivity contribution in [2.24, 2.45) is 5.73 Å². The first-order valence-electron chi connectivity index (χ1n) is 18.2. The van der Waals surface area contributed by atoms with Gasteiger partial charge in [-0.3, -0.25) is 24.3 Å². The topological polar surface area (TPSA) is 304 Å². The number of hydrogen-bond donors (Lipinski definition) is 6. The lowest BCUT2D eigenvalue weighted by Gasteiger charge is -2.19. The number of anilines is 2. The quantitative estimate of drug-likeness (QED) is 0.0493. The molecule has 0 fully saturated rings. The summed E-state index contributed by atoms with van der Waals surface area (Å²) >= 11 is 5.97. The highest BCUT2D eigenvalue weighted by molar-refractivity contribution is 7.90. The number of urea groups is 1. The first-order chi connectivity index (χ1) is 30.2. The normalized spacial score (nSPS) is 15.2. The molecule has 4 amide bonds. The molecule has 3 atom stereocenters. The fourth-order valence-corrected chi connectivity index (χ4v) is 7.47. The number of aromatic carboxylic acids is 1. The van der Waals surface area contributed by atoms with Crippen molar-refractivity contribution in [3.05, 3.63) is 70.0 Å². The number of hydrogen-bond acceptors (Lipinski definition) is 14. The summed E-state index contributed by atoms with van der Waals surface area (Å²) in [6, 6.07) is 4.46. The van der Waals surface area contributed by atoms with Gasteiger partial charge in [0.25, 0.3) is 21.8 Å². The van der Waals surface area contributed by atoms with Crippen molar-refractivity contribution in [2.75, 3.05) is 23.0 Å². The zero-order valence-corrected chi connectivity index (χ0v) is 36.0. The smallest absolute Gasteiger partial charge is 0.388 e. The molecule has 0 spiro atoms. The number of nitrogens with two attached hydrogens (primary N) is 1. The van der Waals surface area contributed by atoms with Gasteiger partial charge in [-0.2, -0.15) is 27.5 Å². The van der Waals surface area contributed by atoms with E-state index in [1.54, 1.807) is 12.2 Å². The second-order valence-corrected chi connectivity index (χ2v) is 17.9. The summed E-state index contributed by atoms with van der Waals surface area (Å²) in [5.41, 5.74) is 5.26. The molecule has 2 aromatic carbocycles. The second-order valence-electron chi connectivity index (χ2n) is 13.3. The van der Waals surface area contributed by atoms with Gasteiger partial charge in [0, 0.05) is 30.0 Å². The number of carboxylic acid groups (broad SMARTS) is 2. The summed E-state index contributed by atoms with van der Waals surface area (Å²) in [7, 11) is -7.82. The van der Waals surface area contributed by atoms with E-state index in [4.69, 9.17) is 43.6 Å². The summed E-state index contributed by atoms with van der Waals surface area (Å²) < 4.78 is 114. The number of aliphatic carboxylic acids is 1. The predicted molar refractivity (Wildman–Crippen MR) is 217 cm³/mol. The van der Waals surface area contributed by atoms with Gasteiger partial charge in [-0.1, -0.05) is 29.7 Å². The lowest BCUT2D eigenvalue weighted by molar-refractivity contribution is -0.138. The number of nitrogens with zero attached hydrogens (tertiary/aromatic N) is 3. The Bertz CT molecular complexity index is 2490. The third-order valence-corrected chi connectivity index (χ3v) is 11.1.